The van der Waals surface area contributed by atoms with E-state index < -0.39 is 0 Å². The van der Waals surface area contributed by atoms with Crippen LogP contribution < -0.4 is 19.5 Å². The molecular formula is C22H27NO4. The van der Waals surface area contributed by atoms with Crippen LogP contribution in [-0.4, -0.2) is 33.3 Å². The monoisotopic (exact) mass is 369 g/mol. The van der Waals surface area contributed by atoms with Gasteiger partial charge >= 0.3 is 0 Å². The zero-order valence-corrected chi connectivity index (χ0v) is 16.0. The summed E-state index contributed by atoms with van der Waals surface area (Å²) in [5, 5.41) is 2.94. The molecule has 5 nitrogen and oxygen atoms in total. The minimum atomic E-state index is -0.134. The Bertz CT molecular complexity index is 743. The Balaban J connectivity index is 1.84. The molecule has 0 aliphatic rings. The fourth-order valence-corrected chi connectivity index (χ4v) is 2.72. The number of benzene rings is 2. The molecule has 0 saturated carbocycles. The topological polar surface area (TPSA) is 56.8 Å². The summed E-state index contributed by atoms with van der Waals surface area (Å²) in [5.41, 5.74) is 1.42. The Morgan fingerprint density at radius 1 is 1.11 bits per heavy atom. The maximum Gasteiger partial charge on any atom is 0.251 e. The molecule has 27 heavy (non-hydrogen) atoms. The first kappa shape index (κ1) is 20.4. The van der Waals surface area contributed by atoms with Crippen molar-refractivity contribution < 1.29 is 19.0 Å². The molecule has 0 saturated heterocycles. The summed E-state index contributed by atoms with van der Waals surface area (Å²) in [6.45, 7) is 4.96. The molecule has 1 N–H and O–H groups in total. The maximum absolute atomic E-state index is 12.5. The van der Waals surface area contributed by atoms with Crippen molar-refractivity contribution >= 4 is 5.91 Å². The number of nitrogens with one attached hydrogen (secondary N) is 1. The standard InChI is InChI=1S/C22H27NO4/c1-4-10-17-15-18(16-20(25-2)21(17)26-3)22(24)23-13-8-9-14-27-19-11-6-5-7-12-19/h4-7,11-12,15-16H,1,8-10,13-14H2,2-3H3,(H,23,24). The van der Waals surface area contributed by atoms with E-state index in [9.17, 15) is 4.79 Å². The van der Waals surface area contributed by atoms with Crippen molar-refractivity contribution in [3.63, 3.8) is 0 Å². The van der Waals surface area contributed by atoms with Gasteiger partial charge in [0.2, 0.25) is 0 Å². The van der Waals surface area contributed by atoms with Gasteiger partial charge in [-0.3, -0.25) is 4.79 Å². The molecule has 1 amide bonds. The lowest BCUT2D eigenvalue weighted by Crippen LogP contribution is -2.25. The number of unbranched alkanes of at least 4 members (excludes halogenated alkanes) is 1. The van der Waals surface area contributed by atoms with Crippen molar-refractivity contribution in [2.75, 3.05) is 27.4 Å². The van der Waals surface area contributed by atoms with E-state index in [1.54, 1.807) is 26.4 Å². The highest BCUT2D eigenvalue weighted by Gasteiger charge is 2.15. The third-order valence-electron chi connectivity index (χ3n) is 4.05. The summed E-state index contributed by atoms with van der Waals surface area (Å²) in [5.74, 6) is 1.90. The number of amides is 1. The van der Waals surface area contributed by atoms with E-state index in [4.69, 9.17) is 14.2 Å². The number of hydrogen-bond donors (Lipinski definition) is 1. The molecule has 0 spiro atoms. The molecule has 144 valence electrons. The van der Waals surface area contributed by atoms with Crippen LogP contribution in [0.1, 0.15) is 28.8 Å². The van der Waals surface area contributed by atoms with Crippen molar-refractivity contribution in [3.8, 4) is 17.2 Å². The molecule has 2 rings (SSSR count). The molecule has 0 fully saturated rings. The van der Waals surface area contributed by atoms with E-state index in [2.05, 4.69) is 11.9 Å². The zero-order valence-electron chi connectivity index (χ0n) is 16.0. The molecule has 0 radical (unpaired) electrons. The molecule has 0 atom stereocenters. The Hall–Kier alpha value is -2.95. The van der Waals surface area contributed by atoms with Gasteiger partial charge in [-0.15, -0.1) is 6.58 Å². The summed E-state index contributed by atoms with van der Waals surface area (Å²) in [7, 11) is 3.14. The largest absolute Gasteiger partial charge is 0.494 e. The minimum absolute atomic E-state index is 0.134. The summed E-state index contributed by atoms with van der Waals surface area (Å²) in [4.78, 5) is 12.5. The highest BCUT2D eigenvalue weighted by molar-refractivity contribution is 5.95. The first-order valence-electron chi connectivity index (χ1n) is 9.01. The van der Waals surface area contributed by atoms with Gasteiger partial charge in [0, 0.05) is 17.7 Å². The highest BCUT2D eigenvalue weighted by atomic mass is 16.5. The van der Waals surface area contributed by atoms with Gasteiger partial charge in [0.1, 0.15) is 5.75 Å². The zero-order chi connectivity index (χ0) is 19.5. The van der Waals surface area contributed by atoms with Crippen LogP contribution in [0.25, 0.3) is 0 Å². The van der Waals surface area contributed by atoms with E-state index >= 15 is 0 Å². The average molecular weight is 369 g/mol. The summed E-state index contributed by atoms with van der Waals surface area (Å²) in [6.07, 6.45) is 4.07. The molecule has 5 heteroatoms. The van der Waals surface area contributed by atoms with E-state index in [0.29, 0.717) is 36.6 Å². The van der Waals surface area contributed by atoms with E-state index in [1.165, 1.54) is 0 Å². The molecular weight excluding hydrogens is 342 g/mol. The third kappa shape index (κ3) is 6.06. The van der Waals surface area contributed by atoms with Crippen LogP contribution in [0.2, 0.25) is 0 Å². The number of allylic oxidation sites excluding steroid dienone is 1. The number of carbonyl (C=O) groups excluding carboxylic acids is 1. The second-order valence-corrected chi connectivity index (χ2v) is 5.99. The van der Waals surface area contributed by atoms with Gasteiger partial charge in [-0.1, -0.05) is 24.3 Å². The Morgan fingerprint density at radius 3 is 2.56 bits per heavy atom. The molecule has 2 aromatic rings. The van der Waals surface area contributed by atoms with Crippen LogP contribution in [-0.2, 0) is 6.42 Å². The molecule has 0 aliphatic heterocycles. The lowest BCUT2D eigenvalue weighted by Gasteiger charge is -2.14. The van der Waals surface area contributed by atoms with Gasteiger partial charge in [0.15, 0.2) is 11.5 Å². The second-order valence-electron chi connectivity index (χ2n) is 5.99. The summed E-state index contributed by atoms with van der Waals surface area (Å²) in [6, 6.07) is 13.2. The van der Waals surface area contributed by atoms with Gasteiger partial charge in [0.05, 0.1) is 20.8 Å². The normalized spacial score (nSPS) is 10.1. The van der Waals surface area contributed by atoms with E-state index in [-0.39, 0.29) is 5.91 Å². The minimum Gasteiger partial charge on any atom is -0.494 e. The molecule has 0 aliphatic carbocycles. The Kier molecular flexibility index (Phi) is 8.23. The molecule has 0 bridgehead atoms. The quantitative estimate of drug-likeness (QED) is 0.480. The molecule has 0 unspecified atom stereocenters. The predicted octanol–water partition coefficient (Wildman–Crippen LogP) is 4.02. The van der Waals surface area contributed by atoms with Crippen LogP contribution in [0.5, 0.6) is 17.2 Å². The van der Waals surface area contributed by atoms with Crippen molar-refractivity contribution in [1.29, 1.82) is 0 Å². The number of carbonyl (C=O) groups is 1. The molecule has 0 aromatic heterocycles. The van der Waals surface area contributed by atoms with Crippen molar-refractivity contribution in [3.05, 3.63) is 66.2 Å². The number of ether oxygens (including phenoxy) is 3. The van der Waals surface area contributed by atoms with Crippen LogP contribution in [0, 0.1) is 0 Å². The van der Waals surface area contributed by atoms with Crippen molar-refractivity contribution in [2.24, 2.45) is 0 Å². The van der Waals surface area contributed by atoms with Crippen LogP contribution in [0.4, 0.5) is 0 Å². The van der Waals surface area contributed by atoms with Gasteiger partial charge in [-0.2, -0.15) is 0 Å². The molecule has 2 aromatic carbocycles. The first-order chi connectivity index (χ1) is 13.2. The van der Waals surface area contributed by atoms with E-state index in [1.807, 2.05) is 36.4 Å². The Labute approximate surface area is 161 Å². The van der Waals surface area contributed by atoms with Gasteiger partial charge in [0.25, 0.3) is 5.91 Å². The van der Waals surface area contributed by atoms with Gasteiger partial charge in [-0.25, -0.2) is 0 Å². The predicted molar refractivity (Wildman–Crippen MR) is 107 cm³/mol. The fourth-order valence-electron chi connectivity index (χ4n) is 2.72. The van der Waals surface area contributed by atoms with Crippen LogP contribution in [0.3, 0.4) is 0 Å². The number of hydrogen-bond acceptors (Lipinski definition) is 4. The fraction of sp³-hybridized carbons (Fsp3) is 0.318. The lowest BCUT2D eigenvalue weighted by atomic mass is 10.0. The van der Waals surface area contributed by atoms with Crippen molar-refractivity contribution in [2.45, 2.75) is 19.3 Å². The Morgan fingerprint density at radius 2 is 1.89 bits per heavy atom. The second kappa shape index (κ2) is 10.9. The smallest absolute Gasteiger partial charge is 0.251 e. The lowest BCUT2D eigenvalue weighted by molar-refractivity contribution is 0.0952. The SMILES string of the molecule is C=CCc1cc(C(=O)NCCCCOc2ccccc2)cc(OC)c1OC. The maximum atomic E-state index is 12.5. The number of methoxy groups -OCH3 is 2. The molecule has 0 heterocycles. The first-order valence-corrected chi connectivity index (χ1v) is 9.01. The number of para-hydroxylation sites is 1. The summed E-state index contributed by atoms with van der Waals surface area (Å²) >= 11 is 0. The van der Waals surface area contributed by atoms with Gasteiger partial charge < -0.3 is 19.5 Å². The van der Waals surface area contributed by atoms with Crippen LogP contribution >= 0.6 is 0 Å². The average Bonchev–Trinajstić information content (AvgIpc) is 2.70. The van der Waals surface area contributed by atoms with Gasteiger partial charge in [-0.05, 0) is 43.5 Å². The number of rotatable bonds is 11. The van der Waals surface area contributed by atoms with E-state index in [0.717, 1.165) is 24.2 Å². The highest BCUT2D eigenvalue weighted by Crippen LogP contribution is 2.33. The van der Waals surface area contributed by atoms with Crippen molar-refractivity contribution in [1.82, 2.24) is 5.32 Å². The van der Waals surface area contributed by atoms with Crippen LogP contribution in [0.15, 0.2) is 55.1 Å². The summed E-state index contributed by atoms with van der Waals surface area (Å²) < 4.78 is 16.4. The third-order valence-corrected chi connectivity index (χ3v) is 4.05.